The van der Waals surface area contributed by atoms with Gasteiger partial charge in [0.1, 0.15) is 6.10 Å². The van der Waals surface area contributed by atoms with E-state index in [0.29, 0.717) is 30.7 Å². The highest BCUT2D eigenvalue weighted by Gasteiger charge is 2.25. The van der Waals surface area contributed by atoms with Gasteiger partial charge in [-0.05, 0) is 49.4 Å². The molecule has 1 N–H and O–H groups in total. The fourth-order valence-electron chi connectivity index (χ4n) is 2.41. The molecule has 1 aliphatic heterocycles. The van der Waals surface area contributed by atoms with Crippen LogP contribution in [0.15, 0.2) is 17.0 Å². The van der Waals surface area contributed by atoms with Crippen molar-refractivity contribution in [3.8, 4) is 0 Å². The highest BCUT2D eigenvalue weighted by Crippen LogP contribution is 2.28. The van der Waals surface area contributed by atoms with Gasteiger partial charge in [-0.1, -0.05) is 6.92 Å². The van der Waals surface area contributed by atoms with Crippen LogP contribution in [0, 0.1) is 6.92 Å². The van der Waals surface area contributed by atoms with E-state index < -0.39 is 15.2 Å². The summed E-state index contributed by atoms with van der Waals surface area (Å²) in [5.41, 5.74) is 2.04. The Hall–Kier alpha value is -1.11. The quantitative estimate of drug-likeness (QED) is 0.861. The highest BCUT2D eigenvalue weighted by molar-refractivity contribution is 8.13. The Bertz CT molecular complexity index is 651. The minimum Gasteiger partial charge on any atom is -0.368 e. The number of benzene rings is 1. The summed E-state index contributed by atoms with van der Waals surface area (Å²) < 4.78 is 28.3. The SMILES string of the molecule is CCc1cc(S(=O)(=O)Cl)cc(C)c1NC(=O)C1CCCO1. The molecule has 0 aliphatic carbocycles. The molecule has 1 atom stereocenters. The van der Waals surface area contributed by atoms with Crippen molar-refractivity contribution in [2.24, 2.45) is 0 Å². The van der Waals surface area contributed by atoms with E-state index in [1.807, 2.05) is 6.92 Å². The van der Waals surface area contributed by atoms with Crippen LogP contribution in [-0.4, -0.2) is 27.0 Å². The van der Waals surface area contributed by atoms with Gasteiger partial charge in [-0.3, -0.25) is 4.79 Å². The predicted molar refractivity (Wildman–Crippen MR) is 81.2 cm³/mol. The van der Waals surface area contributed by atoms with Gasteiger partial charge >= 0.3 is 0 Å². The molecule has 1 aromatic carbocycles. The Morgan fingerprint density at radius 3 is 2.71 bits per heavy atom. The van der Waals surface area contributed by atoms with Crippen LogP contribution >= 0.6 is 10.7 Å². The zero-order chi connectivity index (χ0) is 15.6. The summed E-state index contributed by atoms with van der Waals surface area (Å²) in [4.78, 5) is 12.2. The molecular weight excluding hydrogens is 314 g/mol. The predicted octanol–water partition coefficient (Wildman–Crippen LogP) is 2.60. The Kier molecular flexibility index (Phi) is 4.91. The van der Waals surface area contributed by atoms with Gasteiger partial charge in [-0.2, -0.15) is 0 Å². The zero-order valence-electron chi connectivity index (χ0n) is 12.0. The van der Waals surface area contributed by atoms with Gasteiger partial charge in [0.25, 0.3) is 15.0 Å². The summed E-state index contributed by atoms with van der Waals surface area (Å²) in [7, 11) is 1.60. The average Bonchev–Trinajstić information content (AvgIpc) is 2.93. The highest BCUT2D eigenvalue weighted by atomic mass is 35.7. The van der Waals surface area contributed by atoms with Crippen molar-refractivity contribution in [2.75, 3.05) is 11.9 Å². The van der Waals surface area contributed by atoms with E-state index in [1.54, 1.807) is 6.92 Å². The number of hydrogen-bond acceptors (Lipinski definition) is 4. The molecule has 5 nitrogen and oxygen atoms in total. The molecular formula is C14H18ClNO4S. The summed E-state index contributed by atoms with van der Waals surface area (Å²) >= 11 is 0. The van der Waals surface area contributed by atoms with Crippen LogP contribution in [0.3, 0.4) is 0 Å². The summed E-state index contributed by atoms with van der Waals surface area (Å²) in [6.45, 7) is 4.23. The third-order valence-corrected chi connectivity index (χ3v) is 4.86. The fourth-order valence-corrected chi connectivity index (χ4v) is 3.28. The third kappa shape index (κ3) is 3.75. The Balaban J connectivity index is 2.32. The second kappa shape index (κ2) is 6.34. The molecule has 1 saturated heterocycles. The Morgan fingerprint density at radius 2 is 2.19 bits per heavy atom. The molecule has 116 valence electrons. The first kappa shape index (κ1) is 16.3. The summed E-state index contributed by atoms with van der Waals surface area (Å²) in [5, 5.41) is 2.85. The number of anilines is 1. The molecule has 1 unspecified atom stereocenters. The van der Waals surface area contributed by atoms with Crippen molar-refractivity contribution in [1.82, 2.24) is 0 Å². The van der Waals surface area contributed by atoms with Crippen LogP contribution in [0.2, 0.25) is 0 Å². The van der Waals surface area contributed by atoms with E-state index in [1.165, 1.54) is 12.1 Å². The van der Waals surface area contributed by atoms with E-state index in [0.717, 1.165) is 12.0 Å². The molecule has 21 heavy (non-hydrogen) atoms. The van der Waals surface area contributed by atoms with Gasteiger partial charge in [0, 0.05) is 23.0 Å². The van der Waals surface area contributed by atoms with Gasteiger partial charge in [0.05, 0.1) is 4.90 Å². The summed E-state index contributed by atoms with van der Waals surface area (Å²) in [6, 6.07) is 2.97. The van der Waals surface area contributed by atoms with E-state index in [-0.39, 0.29) is 10.8 Å². The maximum absolute atomic E-state index is 12.1. The normalized spacial score (nSPS) is 18.7. The molecule has 1 aromatic rings. The molecule has 1 amide bonds. The fraction of sp³-hybridized carbons (Fsp3) is 0.500. The summed E-state index contributed by atoms with van der Waals surface area (Å²) in [5.74, 6) is -0.188. The Morgan fingerprint density at radius 1 is 1.48 bits per heavy atom. The number of amides is 1. The number of nitrogens with one attached hydrogen (secondary N) is 1. The van der Waals surface area contributed by atoms with Gasteiger partial charge in [-0.15, -0.1) is 0 Å². The maximum atomic E-state index is 12.1. The zero-order valence-corrected chi connectivity index (χ0v) is 13.6. The van der Waals surface area contributed by atoms with Gasteiger partial charge < -0.3 is 10.1 Å². The van der Waals surface area contributed by atoms with Crippen molar-refractivity contribution in [1.29, 1.82) is 0 Å². The molecule has 7 heteroatoms. The minimum atomic E-state index is -3.78. The molecule has 0 spiro atoms. The van der Waals surface area contributed by atoms with Crippen molar-refractivity contribution < 1.29 is 17.9 Å². The average molecular weight is 332 g/mol. The Labute approximate surface area is 129 Å². The number of hydrogen-bond donors (Lipinski definition) is 1. The van der Waals surface area contributed by atoms with Gasteiger partial charge in [0.2, 0.25) is 0 Å². The lowest BCUT2D eigenvalue weighted by molar-refractivity contribution is -0.124. The molecule has 0 radical (unpaired) electrons. The van der Waals surface area contributed by atoms with E-state index in [9.17, 15) is 13.2 Å². The molecule has 0 saturated carbocycles. The van der Waals surface area contributed by atoms with E-state index >= 15 is 0 Å². The van der Waals surface area contributed by atoms with Crippen LogP contribution in [0.1, 0.15) is 30.9 Å². The first-order valence-corrected chi connectivity index (χ1v) is 9.14. The topological polar surface area (TPSA) is 72.5 Å². The molecule has 0 aromatic heterocycles. The van der Waals surface area contributed by atoms with Crippen LogP contribution in [-0.2, 0) is 25.0 Å². The van der Waals surface area contributed by atoms with Gasteiger partial charge in [-0.25, -0.2) is 8.42 Å². The number of halogens is 1. The molecule has 1 fully saturated rings. The molecule has 2 rings (SSSR count). The van der Waals surface area contributed by atoms with E-state index in [4.69, 9.17) is 15.4 Å². The van der Waals surface area contributed by atoms with Crippen LogP contribution in [0.5, 0.6) is 0 Å². The largest absolute Gasteiger partial charge is 0.368 e. The molecule has 1 aliphatic rings. The third-order valence-electron chi connectivity index (χ3n) is 3.52. The smallest absolute Gasteiger partial charge is 0.261 e. The second-order valence-electron chi connectivity index (χ2n) is 5.06. The standard InChI is InChI=1S/C14H18ClNO4S/c1-3-10-8-11(21(15,18)19)7-9(2)13(10)16-14(17)12-5-4-6-20-12/h7-8,12H,3-6H2,1-2H3,(H,16,17). The van der Waals surface area contributed by atoms with Crippen molar-refractivity contribution in [2.45, 2.75) is 44.1 Å². The monoisotopic (exact) mass is 331 g/mol. The van der Waals surface area contributed by atoms with Gasteiger partial charge in [0.15, 0.2) is 0 Å². The first-order valence-electron chi connectivity index (χ1n) is 6.83. The lowest BCUT2D eigenvalue weighted by Gasteiger charge is -2.16. The maximum Gasteiger partial charge on any atom is 0.261 e. The van der Waals surface area contributed by atoms with Crippen molar-refractivity contribution >= 4 is 31.3 Å². The molecule has 1 heterocycles. The molecule has 0 bridgehead atoms. The van der Waals surface area contributed by atoms with Crippen molar-refractivity contribution in [3.63, 3.8) is 0 Å². The second-order valence-corrected chi connectivity index (χ2v) is 7.62. The first-order chi connectivity index (χ1) is 9.82. The van der Waals surface area contributed by atoms with Crippen LogP contribution < -0.4 is 5.32 Å². The number of carbonyl (C=O) groups is 1. The summed E-state index contributed by atoms with van der Waals surface area (Å²) in [6.07, 6.45) is 1.75. The lowest BCUT2D eigenvalue weighted by Crippen LogP contribution is -2.27. The van der Waals surface area contributed by atoms with Crippen LogP contribution in [0.4, 0.5) is 5.69 Å². The number of rotatable bonds is 4. The van der Waals surface area contributed by atoms with Crippen molar-refractivity contribution in [3.05, 3.63) is 23.3 Å². The lowest BCUT2D eigenvalue weighted by atomic mass is 10.1. The minimum absolute atomic E-state index is 0.0497. The number of carbonyl (C=O) groups excluding carboxylic acids is 1. The number of ether oxygens (including phenoxy) is 1. The number of aryl methyl sites for hydroxylation is 2. The van der Waals surface area contributed by atoms with Crippen LogP contribution in [0.25, 0.3) is 0 Å². The van der Waals surface area contributed by atoms with E-state index in [2.05, 4.69) is 5.32 Å².